The van der Waals surface area contributed by atoms with Gasteiger partial charge >= 0.3 is 0 Å². The van der Waals surface area contributed by atoms with Crippen LogP contribution in [-0.2, 0) is 4.79 Å². The summed E-state index contributed by atoms with van der Waals surface area (Å²) in [5.41, 5.74) is 1.37. The van der Waals surface area contributed by atoms with Gasteiger partial charge in [-0.3, -0.25) is 0 Å². The number of carbonyl (C=O) groups is 1. The van der Waals surface area contributed by atoms with Crippen LogP contribution in [0.15, 0.2) is 24.3 Å². The molecule has 0 aliphatic rings. The number of hydrogen-bond acceptors (Lipinski definition) is 1. The van der Waals surface area contributed by atoms with E-state index in [1.54, 1.807) is 0 Å². The molecule has 0 rings (SSSR count). The minimum atomic E-state index is 0.737. The molecule has 0 aromatic carbocycles. The third-order valence-corrected chi connectivity index (χ3v) is 3.65. The molecule has 0 aromatic heterocycles. The molecule has 116 valence electrons. The zero-order chi connectivity index (χ0) is 14.9. The highest BCUT2D eigenvalue weighted by atomic mass is 16.1. The Balaban J connectivity index is 3.25. The van der Waals surface area contributed by atoms with Crippen LogP contribution in [0.2, 0.25) is 0 Å². The van der Waals surface area contributed by atoms with Gasteiger partial charge in [0.25, 0.3) is 0 Å². The molecule has 0 atom stereocenters. The molecular formula is C19H34O. The predicted molar refractivity (Wildman–Crippen MR) is 90.0 cm³/mol. The van der Waals surface area contributed by atoms with E-state index in [4.69, 9.17) is 0 Å². The van der Waals surface area contributed by atoms with Crippen molar-refractivity contribution in [1.29, 1.82) is 0 Å². The Bertz CT molecular complexity index is 252. The van der Waals surface area contributed by atoms with Crippen LogP contribution in [0.4, 0.5) is 0 Å². The average Bonchev–Trinajstić information content (AvgIpc) is 2.45. The van der Waals surface area contributed by atoms with Crippen molar-refractivity contribution in [2.45, 2.75) is 90.4 Å². The molecule has 0 heterocycles. The molecule has 0 spiro atoms. The number of aldehydes is 1. The largest absolute Gasteiger partial charge is 0.303 e. The molecule has 20 heavy (non-hydrogen) atoms. The fraction of sp³-hybridized carbons (Fsp3) is 0.737. The SMILES string of the molecule is C=C(C/C=C/CCCCC)CCCCCCCCC=O. The van der Waals surface area contributed by atoms with E-state index in [0.717, 1.165) is 25.5 Å². The summed E-state index contributed by atoms with van der Waals surface area (Å²) in [5, 5.41) is 0. The molecule has 0 radical (unpaired) electrons. The highest BCUT2D eigenvalue weighted by Gasteiger charge is 1.94. The van der Waals surface area contributed by atoms with E-state index in [1.165, 1.54) is 69.8 Å². The van der Waals surface area contributed by atoms with Gasteiger partial charge in [0.05, 0.1) is 0 Å². The van der Waals surface area contributed by atoms with Crippen LogP contribution in [0, 0.1) is 0 Å². The number of unbranched alkanes of at least 4 members (excludes halogenated alkanes) is 9. The van der Waals surface area contributed by atoms with Crippen molar-refractivity contribution in [1.82, 2.24) is 0 Å². The van der Waals surface area contributed by atoms with Crippen molar-refractivity contribution in [2.75, 3.05) is 0 Å². The fourth-order valence-electron chi connectivity index (χ4n) is 2.29. The number of hydrogen-bond donors (Lipinski definition) is 0. The van der Waals surface area contributed by atoms with Crippen LogP contribution < -0.4 is 0 Å². The Hall–Kier alpha value is -0.850. The summed E-state index contributed by atoms with van der Waals surface area (Å²) in [7, 11) is 0. The van der Waals surface area contributed by atoms with Crippen molar-refractivity contribution in [3.05, 3.63) is 24.3 Å². The van der Waals surface area contributed by atoms with E-state index in [2.05, 4.69) is 25.7 Å². The number of rotatable bonds is 15. The van der Waals surface area contributed by atoms with Gasteiger partial charge in [-0.2, -0.15) is 0 Å². The molecule has 0 saturated carbocycles. The quantitative estimate of drug-likeness (QED) is 0.193. The van der Waals surface area contributed by atoms with Gasteiger partial charge in [0.15, 0.2) is 0 Å². The molecule has 0 N–H and O–H groups in total. The van der Waals surface area contributed by atoms with Crippen LogP contribution in [0.1, 0.15) is 90.4 Å². The minimum Gasteiger partial charge on any atom is -0.303 e. The van der Waals surface area contributed by atoms with Crippen LogP contribution in [-0.4, -0.2) is 6.29 Å². The van der Waals surface area contributed by atoms with Crippen LogP contribution in [0.25, 0.3) is 0 Å². The minimum absolute atomic E-state index is 0.737. The van der Waals surface area contributed by atoms with Gasteiger partial charge in [-0.05, 0) is 38.5 Å². The van der Waals surface area contributed by atoms with E-state index in [1.807, 2.05) is 0 Å². The monoisotopic (exact) mass is 278 g/mol. The summed E-state index contributed by atoms with van der Waals surface area (Å²) in [5.74, 6) is 0. The van der Waals surface area contributed by atoms with E-state index >= 15 is 0 Å². The van der Waals surface area contributed by atoms with Gasteiger partial charge in [0.1, 0.15) is 6.29 Å². The Morgan fingerprint density at radius 1 is 0.850 bits per heavy atom. The molecule has 0 fully saturated rings. The first-order valence-corrected chi connectivity index (χ1v) is 8.56. The Labute approximate surface area is 126 Å². The van der Waals surface area contributed by atoms with E-state index in [9.17, 15) is 4.79 Å². The van der Waals surface area contributed by atoms with Gasteiger partial charge in [0, 0.05) is 6.42 Å². The second-order valence-corrected chi connectivity index (χ2v) is 5.75. The lowest BCUT2D eigenvalue weighted by atomic mass is 10.0. The summed E-state index contributed by atoms with van der Waals surface area (Å²) in [6, 6.07) is 0. The number of carbonyl (C=O) groups excluding carboxylic acids is 1. The molecule has 0 amide bonds. The van der Waals surface area contributed by atoms with Crippen molar-refractivity contribution < 1.29 is 4.79 Å². The smallest absolute Gasteiger partial charge is 0.119 e. The third kappa shape index (κ3) is 15.2. The Morgan fingerprint density at radius 3 is 2.20 bits per heavy atom. The van der Waals surface area contributed by atoms with Gasteiger partial charge in [-0.1, -0.05) is 69.8 Å². The first-order chi connectivity index (χ1) is 9.81. The van der Waals surface area contributed by atoms with Gasteiger partial charge in [-0.15, -0.1) is 0 Å². The standard InChI is InChI=1S/C19H34O/c1-3-4-5-6-10-13-16-19(2)17-14-11-8-7-9-12-15-18-20/h10,13,18H,2-9,11-12,14-17H2,1H3/b13-10+. The second-order valence-electron chi connectivity index (χ2n) is 5.75. The third-order valence-electron chi connectivity index (χ3n) is 3.65. The predicted octanol–water partition coefficient (Wildman–Crippen LogP) is 6.39. The van der Waals surface area contributed by atoms with Crippen LogP contribution in [0.5, 0.6) is 0 Å². The van der Waals surface area contributed by atoms with Crippen molar-refractivity contribution >= 4 is 6.29 Å². The number of allylic oxidation sites excluding steroid dienone is 3. The van der Waals surface area contributed by atoms with Crippen LogP contribution in [0.3, 0.4) is 0 Å². The van der Waals surface area contributed by atoms with Gasteiger partial charge in [0.2, 0.25) is 0 Å². The maximum Gasteiger partial charge on any atom is 0.119 e. The Morgan fingerprint density at radius 2 is 1.50 bits per heavy atom. The molecule has 0 aliphatic carbocycles. The molecule has 0 bridgehead atoms. The Kier molecular flexibility index (Phi) is 15.5. The highest BCUT2D eigenvalue weighted by molar-refractivity contribution is 5.48. The maximum absolute atomic E-state index is 10.2. The summed E-state index contributed by atoms with van der Waals surface area (Å²) in [4.78, 5) is 10.2. The lowest BCUT2D eigenvalue weighted by molar-refractivity contribution is -0.107. The first-order valence-electron chi connectivity index (χ1n) is 8.56. The second kappa shape index (κ2) is 16.2. The molecule has 0 unspecified atom stereocenters. The zero-order valence-corrected chi connectivity index (χ0v) is 13.5. The average molecular weight is 278 g/mol. The lowest BCUT2D eigenvalue weighted by Gasteiger charge is -2.03. The van der Waals surface area contributed by atoms with Gasteiger partial charge < -0.3 is 4.79 Å². The topological polar surface area (TPSA) is 17.1 Å². The molecule has 0 aliphatic heterocycles. The molecule has 0 saturated heterocycles. The summed E-state index contributed by atoms with van der Waals surface area (Å²) in [6.45, 7) is 6.40. The van der Waals surface area contributed by atoms with E-state index < -0.39 is 0 Å². The molecule has 1 heteroatoms. The van der Waals surface area contributed by atoms with Crippen LogP contribution >= 0.6 is 0 Å². The highest BCUT2D eigenvalue weighted by Crippen LogP contribution is 2.14. The zero-order valence-electron chi connectivity index (χ0n) is 13.5. The van der Waals surface area contributed by atoms with Crippen molar-refractivity contribution in [3.8, 4) is 0 Å². The van der Waals surface area contributed by atoms with Crippen molar-refractivity contribution in [2.24, 2.45) is 0 Å². The molecule has 1 nitrogen and oxygen atoms in total. The lowest BCUT2D eigenvalue weighted by Crippen LogP contribution is -1.84. The normalized spacial score (nSPS) is 11.1. The summed E-state index contributed by atoms with van der Waals surface area (Å²) < 4.78 is 0. The maximum atomic E-state index is 10.2. The van der Waals surface area contributed by atoms with Gasteiger partial charge in [-0.25, -0.2) is 0 Å². The summed E-state index contributed by atoms with van der Waals surface area (Å²) >= 11 is 0. The van der Waals surface area contributed by atoms with E-state index in [0.29, 0.717) is 0 Å². The molecule has 0 aromatic rings. The summed E-state index contributed by atoms with van der Waals surface area (Å²) in [6.07, 6.45) is 21.2. The first kappa shape index (κ1) is 19.1. The fourth-order valence-corrected chi connectivity index (χ4v) is 2.29. The molecular weight excluding hydrogens is 244 g/mol. The van der Waals surface area contributed by atoms with Crippen molar-refractivity contribution in [3.63, 3.8) is 0 Å². The van der Waals surface area contributed by atoms with E-state index in [-0.39, 0.29) is 0 Å².